The zero-order valence-electron chi connectivity index (χ0n) is 62.6. The summed E-state index contributed by atoms with van der Waals surface area (Å²) in [4.78, 5) is 0. The second-order valence-electron chi connectivity index (χ2n) is 25.8. The molecule has 1 aromatic rings. The molecule has 35 atom stereocenters. The van der Waals surface area contributed by atoms with E-state index in [0.717, 1.165) is 5.56 Å². The first-order valence-electron chi connectivity index (χ1n) is 34.4. The van der Waals surface area contributed by atoms with Crippen molar-refractivity contribution < 1.29 is 166 Å². The molecule has 35 heteroatoms. The Bertz CT molecular complexity index is 2510. The molecule has 1 N–H and O–H groups in total. The highest BCUT2D eigenvalue weighted by Gasteiger charge is 2.62. The Labute approximate surface area is 603 Å². The van der Waals surface area contributed by atoms with E-state index in [-0.39, 0.29) is 52.9 Å². The van der Waals surface area contributed by atoms with Gasteiger partial charge in [0.25, 0.3) is 0 Å². The van der Waals surface area contributed by atoms with Crippen LogP contribution in [0.1, 0.15) is 5.56 Å². The summed E-state index contributed by atoms with van der Waals surface area (Å²) in [6.45, 7) is -0.452. The third-order valence-corrected chi connectivity index (χ3v) is 20.1. The lowest BCUT2D eigenvalue weighted by Gasteiger charge is -2.52. The second kappa shape index (κ2) is 41.7. The fourth-order valence-electron chi connectivity index (χ4n) is 15.3. The summed E-state index contributed by atoms with van der Waals surface area (Å²) < 4.78 is 221. The highest BCUT2D eigenvalue weighted by atomic mass is 16.8. The summed E-state index contributed by atoms with van der Waals surface area (Å²) in [7, 11) is 28.4. The highest BCUT2D eigenvalue weighted by Crippen LogP contribution is 2.43. The van der Waals surface area contributed by atoms with Crippen molar-refractivity contribution in [2.45, 2.75) is 222 Å². The molecule has 0 amide bonds. The van der Waals surface area contributed by atoms with Gasteiger partial charge < -0.3 is 166 Å². The molecule has 21 heterocycles. The molecule has 103 heavy (non-hydrogen) atoms. The van der Waals surface area contributed by atoms with E-state index in [1.54, 1.807) is 0 Å². The lowest BCUT2D eigenvalue weighted by atomic mass is 9.94. The molecule has 22 rings (SSSR count). The number of aliphatic hydroxyl groups is 1. The normalized spacial score (nSPS) is 44.4. The van der Waals surface area contributed by atoms with Crippen LogP contribution in [-0.2, 0) is 168 Å². The second-order valence-corrected chi connectivity index (χ2v) is 25.8. The van der Waals surface area contributed by atoms with E-state index < -0.39 is 215 Å². The molecule has 0 radical (unpaired) electrons. The maximum absolute atomic E-state index is 12.7. The van der Waals surface area contributed by atoms with Crippen molar-refractivity contribution in [1.29, 1.82) is 0 Å². The number of benzene rings is 1. The van der Waals surface area contributed by atoms with Crippen LogP contribution in [0.4, 0.5) is 0 Å². The van der Waals surface area contributed by atoms with E-state index in [9.17, 15) is 5.11 Å². The molecule has 1 aromatic carbocycles. The molecule has 596 valence electrons. The Kier molecular flexibility index (Phi) is 34.4. The van der Waals surface area contributed by atoms with Crippen LogP contribution in [0.5, 0.6) is 0 Å². The van der Waals surface area contributed by atoms with Crippen LogP contribution in [0.15, 0.2) is 30.3 Å². The van der Waals surface area contributed by atoms with Gasteiger partial charge in [-0.05, 0) is 5.56 Å². The van der Waals surface area contributed by atoms with Gasteiger partial charge in [-0.3, -0.25) is 0 Å². The Balaban J connectivity index is 1.15. The molecule has 0 aromatic heterocycles. The van der Waals surface area contributed by atoms with Crippen molar-refractivity contribution in [2.24, 2.45) is 0 Å². The van der Waals surface area contributed by atoms with Gasteiger partial charge in [0.1, 0.15) is 171 Å². The van der Waals surface area contributed by atoms with E-state index in [1.165, 1.54) is 135 Å². The minimum Gasteiger partial charge on any atom is -0.385 e. The van der Waals surface area contributed by atoms with E-state index in [1.807, 2.05) is 30.3 Å². The summed E-state index contributed by atoms with van der Waals surface area (Å²) in [5.41, 5.74) is 0.816. The standard InChI is InChI=1S/C68H114O35/c1-70-26-34-42-49(77-8)41(69)62(90-34)97-48-40(32-76-7)96-68(61(88-19)55(48)89-25-33-23-21-20-22-24-33)103-47-39(31-75-6)95-67(60(87-18)54(47)82-13)102-46-38(30-74-5)94-66(59(86-17)53(46)81-12)101-45-37(29-73-4)93-65(58(85-16)52(45)80-11)100-44-36(28-72-3)92-64(57(84-15)51(44)79-10)99-43-35(27-71-2)91-63(98-42)56(83-14)50(43)78-9/h20-24,34-69H,25-32H2,1-19H3/t34-,35-,36-,37-,38-,39-,40-,41-,42-,43-,44-,45-,46-,47-,48-,49-,50+,51+,52+,53+,54+,55+,56-,57-,58-,59-,60-,61-,62-,63-,64-,65-,66-,67-,68-/m1/s1. The topological polar surface area (TPSA) is 334 Å². The summed E-state index contributed by atoms with van der Waals surface area (Å²) in [6, 6.07) is 9.51. The molecule has 0 unspecified atom stereocenters. The number of ether oxygens (including phenoxy) is 34. The molecular formula is C68H114O35. The number of hydrogen-bond acceptors (Lipinski definition) is 35. The van der Waals surface area contributed by atoms with Gasteiger partial charge in [0.05, 0.1) is 52.9 Å². The molecule has 21 fully saturated rings. The van der Waals surface area contributed by atoms with Crippen molar-refractivity contribution in [3.05, 3.63) is 35.9 Å². The predicted octanol–water partition coefficient (Wildman–Crippen LogP) is -0.578. The quantitative estimate of drug-likeness (QED) is 0.105. The Morgan fingerprint density at radius 3 is 0.650 bits per heavy atom. The molecule has 14 bridgehead atoms. The molecule has 0 saturated carbocycles. The zero-order chi connectivity index (χ0) is 74.0. The van der Waals surface area contributed by atoms with Gasteiger partial charge >= 0.3 is 0 Å². The predicted molar refractivity (Wildman–Crippen MR) is 348 cm³/mol. The summed E-state index contributed by atoms with van der Waals surface area (Å²) >= 11 is 0. The maximum Gasteiger partial charge on any atom is 0.187 e. The molecular weight excluding hydrogens is 1380 g/mol. The minimum absolute atomic E-state index is 0.0481. The van der Waals surface area contributed by atoms with Gasteiger partial charge in [-0.2, -0.15) is 0 Å². The van der Waals surface area contributed by atoms with Crippen LogP contribution >= 0.6 is 0 Å². The Morgan fingerprint density at radius 1 is 0.233 bits per heavy atom. The molecule has 21 saturated heterocycles. The SMILES string of the molecule is COC[C@H]1O[C@@H]2O[C@H]3[C@H](OC)[C@@H](OC)[C@@H](O[C@H]4[C@H](OC)[C@@H](OC)[C@@H](O[C@H]5[C@H](OC)[C@@H](OC)[C@@H](O[C@H]6[C@H](OC)[C@@H](OC)[C@@H](O[C@H]7[C@H](OC)[C@@H](OC)[C@@H](O[C@H]8[C@H](OC)[C@@H](O)[C@@H](O[C@H]1[C@H](OCc1ccccc1)[C@H]2OC)O[C@@H]8COC)O[C@@H]7COC)O[C@@H]6COC)O[C@@H]5COC)O[C@@H]4COC)O[C@@H]3COC. The fourth-order valence-corrected chi connectivity index (χ4v) is 15.3. The lowest BCUT2D eigenvalue weighted by molar-refractivity contribution is -0.403. The van der Waals surface area contributed by atoms with Crippen molar-refractivity contribution in [3.8, 4) is 0 Å². The van der Waals surface area contributed by atoms with Crippen LogP contribution in [0.25, 0.3) is 0 Å². The zero-order valence-corrected chi connectivity index (χ0v) is 62.6. The van der Waals surface area contributed by atoms with Gasteiger partial charge in [-0.15, -0.1) is 0 Å². The van der Waals surface area contributed by atoms with Crippen LogP contribution in [-0.4, -0.2) is 401 Å². The van der Waals surface area contributed by atoms with Gasteiger partial charge in [-0.1, -0.05) is 30.3 Å². The Morgan fingerprint density at radius 2 is 0.427 bits per heavy atom. The lowest BCUT2D eigenvalue weighted by Crippen LogP contribution is -2.69. The molecule has 21 aliphatic rings. The smallest absolute Gasteiger partial charge is 0.187 e. The summed E-state index contributed by atoms with van der Waals surface area (Å²) in [6.07, 6.45) is -38.5. The van der Waals surface area contributed by atoms with E-state index in [4.69, 9.17) is 161 Å². The van der Waals surface area contributed by atoms with Gasteiger partial charge in [0.2, 0.25) is 0 Å². The third-order valence-electron chi connectivity index (χ3n) is 20.1. The third kappa shape index (κ3) is 19.1. The van der Waals surface area contributed by atoms with E-state index in [0.29, 0.717) is 0 Å². The number of aliphatic hydroxyl groups excluding tert-OH is 1. The monoisotopic (exact) mass is 1490 g/mol. The highest BCUT2D eigenvalue weighted by molar-refractivity contribution is 5.14. The first kappa shape index (κ1) is 84.8. The average Bonchev–Trinajstić information content (AvgIpc) is 0.773. The number of methoxy groups -OCH3 is 19. The largest absolute Gasteiger partial charge is 0.385 e. The van der Waals surface area contributed by atoms with Crippen molar-refractivity contribution in [1.82, 2.24) is 0 Å². The molecule has 21 aliphatic heterocycles. The van der Waals surface area contributed by atoms with Crippen LogP contribution in [0.2, 0.25) is 0 Å². The fraction of sp³-hybridized carbons (Fsp3) is 0.912. The molecule has 0 aliphatic carbocycles. The van der Waals surface area contributed by atoms with Crippen LogP contribution < -0.4 is 0 Å². The van der Waals surface area contributed by atoms with Crippen molar-refractivity contribution in [2.75, 3.05) is 181 Å². The molecule has 0 spiro atoms. The van der Waals surface area contributed by atoms with E-state index in [2.05, 4.69) is 0 Å². The number of rotatable bonds is 29. The minimum atomic E-state index is -1.60. The van der Waals surface area contributed by atoms with Crippen LogP contribution in [0.3, 0.4) is 0 Å². The first-order valence-corrected chi connectivity index (χ1v) is 34.4. The van der Waals surface area contributed by atoms with Gasteiger partial charge in [-0.25, -0.2) is 0 Å². The van der Waals surface area contributed by atoms with Gasteiger partial charge in [0, 0.05) is 135 Å². The van der Waals surface area contributed by atoms with Crippen molar-refractivity contribution in [3.63, 3.8) is 0 Å². The van der Waals surface area contributed by atoms with Crippen LogP contribution in [0, 0.1) is 0 Å². The summed E-state index contributed by atoms with van der Waals surface area (Å²) in [5.74, 6) is 0. The van der Waals surface area contributed by atoms with E-state index >= 15 is 0 Å². The Hall–Kier alpha value is -2.18. The molecule has 35 nitrogen and oxygen atoms in total. The number of hydrogen-bond donors (Lipinski definition) is 1. The van der Waals surface area contributed by atoms with Gasteiger partial charge in [0.15, 0.2) is 44.0 Å². The first-order chi connectivity index (χ1) is 50.2. The summed E-state index contributed by atoms with van der Waals surface area (Å²) in [5, 5.41) is 12.7. The average molecular weight is 1490 g/mol. The maximum atomic E-state index is 12.7. The van der Waals surface area contributed by atoms with Crippen molar-refractivity contribution >= 4 is 0 Å².